The Balaban J connectivity index is 4.23. The fourth-order valence-corrected chi connectivity index (χ4v) is 0.475. The van der Waals surface area contributed by atoms with Gasteiger partial charge in [-0.1, -0.05) is 6.58 Å². The van der Waals surface area contributed by atoms with Crippen molar-refractivity contribution >= 4 is 18.6 Å². The molecule has 0 aliphatic heterocycles. The first kappa shape index (κ1) is 9.10. The summed E-state index contributed by atoms with van der Waals surface area (Å²) in [5.74, 6) is -0.539. The second kappa shape index (κ2) is 4.00. The van der Waals surface area contributed by atoms with Crippen LogP contribution in [-0.4, -0.2) is 13.1 Å². The predicted octanol–water partition coefficient (Wildman–Crippen LogP) is 0.446. The van der Waals surface area contributed by atoms with Crippen LogP contribution in [0.5, 0.6) is 0 Å². The molecule has 0 spiro atoms. The van der Waals surface area contributed by atoms with E-state index in [9.17, 15) is 4.79 Å². The van der Waals surface area contributed by atoms with Crippen molar-refractivity contribution in [2.24, 2.45) is 5.73 Å². The Bertz CT molecular complexity index is 186. The van der Waals surface area contributed by atoms with Crippen LogP contribution in [0.4, 0.5) is 0 Å². The molecule has 0 aliphatic carbocycles. The van der Waals surface area contributed by atoms with E-state index in [1.54, 1.807) is 0 Å². The summed E-state index contributed by atoms with van der Waals surface area (Å²) < 4.78 is 4.34. The van der Waals surface area contributed by atoms with Gasteiger partial charge in [0, 0.05) is 0 Å². The molecule has 56 valence electrons. The molecular weight excluding hydrogens is 150 g/mol. The van der Waals surface area contributed by atoms with Crippen LogP contribution in [0.15, 0.2) is 23.3 Å². The third-order valence-corrected chi connectivity index (χ3v) is 1.20. The Morgan fingerprint density at radius 1 is 1.80 bits per heavy atom. The Morgan fingerprint density at radius 3 is 2.60 bits per heavy atom. The van der Waals surface area contributed by atoms with Crippen molar-refractivity contribution in [3.05, 3.63) is 23.3 Å². The van der Waals surface area contributed by atoms with Gasteiger partial charge in [-0.25, -0.2) is 4.79 Å². The second-order valence-electron chi connectivity index (χ2n) is 1.55. The van der Waals surface area contributed by atoms with E-state index in [1.807, 2.05) is 0 Å². The van der Waals surface area contributed by atoms with Gasteiger partial charge >= 0.3 is 5.97 Å². The number of esters is 1. The predicted molar refractivity (Wildman–Crippen MR) is 42.4 cm³/mol. The number of rotatable bonds is 2. The third-order valence-electron chi connectivity index (χ3n) is 0.919. The molecular formula is C6H9NO2S. The smallest absolute Gasteiger partial charge is 0.339 e. The summed E-state index contributed by atoms with van der Waals surface area (Å²) in [5.41, 5.74) is 5.62. The Labute approximate surface area is 65.0 Å². The number of hydrogen-bond acceptors (Lipinski definition) is 4. The number of nitrogens with two attached hydrogens (primary N) is 1. The average molecular weight is 159 g/mol. The zero-order valence-electron chi connectivity index (χ0n) is 5.63. The molecule has 0 saturated carbocycles. The molecule has 0 radical (unpaired) electrons. The van der Waals surface area contributed by atoms with E-state index >= 15 is 0 Å². The maximum absolute atomic E-state index is 10.6. The molecule has 0 aromatic carbocycles. The van der Waals surface area contributed by atoms with Crippen LogP contribution in [0.3, 0.4) is 0 Å². The quantitative estimate of drug-likeness (QED) is 0.266. The number of methoxy groups -OCH3 is 1. The van der Waals surface area contributed by atoms with Gasteiger partial charge in [0.25, 0.3) is 0 Å². The molecule has 0 fully saturated rings. The highest BCUT2D eigenvalue weighted by Crippen LogP contribution is 2.03. The van der Waals surface area contributed by atoms with Crippen LogP contribution in [0.2, 0.25) is 0 Å². The Morgan fingerprint density at radius 2 is 2.30 bits per heavy atom. The van der Waals surface area contributed by atoms with Crippen LogP contribution in [0.25, 0.3) is 0 Å². The summed E-state index contributed by atoms with van der Waals surface area (Å²) in [6.07, 6.45) is 0. The first-order valence-electron chi connectivity index (χ1n) is 2.51. The molecule has 2 N–H and O–H groups in total. The van der Waals surface area contributed by atoms with Crippen molar-refractivity contribution in [2.45, 2.75) is 0 Å². The van der Waals surface area contributed by atoms with E-state index in [1.165, 1.54) is 12.5 Å². The van der Waals surface area contributed by atoms with E-state index in [0.717, 1.165) is 0 Å². The number of thiol groups is 1. The van der Waals surface area contributed by atoms with E-state index in [0.29, 0.717) is 0 Å². The lowest BCUT2D eigenvalue weighted by Gasteiger charge is -2.00. The van der Waals surface area contributed by atoms with Crippen LogP contribution < -0.4 is 5.73 Å². The zero-order valence-corrected chi connectivity index (χ0v) is 6.52. The summed E-state index contributed by atoms with van der Waals surface area (Å²) >= 11 is 3.73. The summed E-state index contributed by atoms with van der Waals surface area (Å²) in [6, 6.07) is 0. The molecule has 0 aromatic heterocycles. The van der Waals surface area contributed by atoms with E-state index in [-0.39, 0.29) is 11.3 Å². The van der Waals surface area contributed by atoms with Crippen molar-refractivity contribution in [3.8, 4) is 0 Å². The van der Waals surface area contributed by atoms with Gasteiger partial charge in [-0.3, -0.25) is 0 Å². The molecule has 0 aliphatic rings. The van der Waals surface area contributed by atoms with Crippen LogP contribution in [0.1, 0.15) is 0 Å². The molecule has 3 nitrogen and oxygen atoms in total. The van der Waals surface area contributed by atoms with Crippen LogP contribution in [-0.2, 0) is 9.53 Å². The number of hydrogen-bond donors (Lipinski definition) is 2. The summed E-state index contributed by atoms with van der Waals surface area (Å²) in [7, 11) is 1.26. The highest BCUT2D eigenvalue weighted by atomic mass is 32.1. The van der Waals surface area contributed by atoms with Crippen molar-refractivity contribution in [1.82, 2.24) is 0 Å². The minimum Gasteiger partial charge on any atom is -0.465 e. The topological polar surface area (TPSA) is 52.3 Å². The molecule has 0 atom stereocenters. The minimum atomic E-state index is -0.539. The number of ether oxygens (including phenoxy) is 1. The van der Waals surface area contributed by atoms with Crippen LogP contribution in [0, 0.1) is 0 Å². The van der Waals surface area contributed by atoms with Crippen LogP contribution >= 0.6 is 12.6 Å². The first-order valence-corrected chi connectivity index (χ1v) is 3.02. The van der Waals surface area contributed by atoms with Gasteiger partial charge in [-0.2, -0.15) is 0 Å². The maximum atomic E-state index is 10.6. The zero-order chi connectivity index (χ0) is 8.15. The lowest BCUT2D eigenvalue weighted by Crippen LogP contribution is -2.10. The monoisotopic (exact) mass is 159 g/mol. The summed E-state index contributed by atoms with van der Waals surface area (Å²) in [6.45, 7) is 3.38. The molecule has 0 saturated heterocycles. The van der Waals surface area contributed by atoms with Crippen molar-refractivity contribution < 1.29 is 9.53 Å². The molecule has 0 aromatic rings. The second-order valence-corrected chi connectivity index (χ2v) is 1.81. The highest BCUT2D eigenvalue weighted by molar-refractivity contribution is 7.83. The van der Waals surface area contributed by atoms with Gasteiger partial charge in [0.1, 0.15) is 0 Å². The number of carbonyl (C=O) groups is 1. The van der Waals surface area contributed by atoms with Gasteiger partial charge in [-0.05, 0) is 5.41 Å². The summed E-state index contributed by atoms with van der Waals surface area (Å²) in [4.78, 5) is 10.6. The minimum absolute atomic E-state index is 0.123. The lowest BCUT2D eigenvalue weighted by atomic mass is 10.2. The van der Waals surface area contributed by atoms with Gasteiger partial charge < -0.3 is 10.5 Å². The van der Waals surface area contributed by atoms with Crippen molar-refractivity contribution in [1.29, 1.82) is 0 Å². The Kier molecular flexibility index (Phi) is 3.64. The SMILES string of the molecule is C=C(C(=O)OC)/C(N)=C\S. The fourth-order valence-electron chi connectivity index (χ4n) is 0.319. The third kappa shape index (κ3) is 2.14. The molecule has 0 rings (SSSR count). The standard InChI is InChI=1S/C6H9NO2S/c1-4(5(7)3-10)6(8)9-2/h3,10H,1,7H2,2H3/b5-3+. The normalized spacial score (nSPS) is 10.8. The van der Waals surface area contributed by atoms with Crippen molar-refractivity contribution in [2.75, 3.05) is 7.11 Å². The maximum Gasteiger partial charge on any atom is 0.339 e. The van der Waals surface area contributed by atoms with Crippen molar-refractivity contribution in [3.63, 3.8) is 0 Å². The molecule has 0 unspecified atom stereocenters. The van der Waals surface area contributed by atoms with Gasteiger partial charge in [-0.15, -0.1) is 12.6 Å². The molecule has 0 bridgehead atoms. The fraction of sp³-hybridized carbons (Fsp3) is 0.167. The van der Waals surface area contributed by atoms with E-state index < -0.39 is 5.97 Å². The van der Waals surface area contributed by atoms with Gasteiger partial charge in [0.15, 0.2) is 0 Å². The van der Waals surface area contributed by atoms with Gasteiger partial charge in [0.2, 0.25) is 0 Å². The number of carbonyl (C=O) groups excluding carboxylic acids is 1. The lowest BCUT2D eigenvalue weighted by molar-refractivity contribution is -0.135. The molecule has 0 amide bonds. The largest absolute Gasteiger partial charge is 0.465 e. The van der Waals surface area contributed by atoms with Gasteiger partial charge in [0.05, 0.1) is 18.4 Å². The van der Waals surface area contributed by atoms with E-state index in [2.05, 4.69) is 23.9 Å². The average Bonchev–Trinajstić information content (AvgIpc) is 2.00. The molecule has 4 heteroatoms. The summed E-state index contributed by atoms with van der Waals surface area (Å²) in [5, 5.41) is 1.29. The Hall–Kier alpha value is -0.900. The van der Waals surface area contributed by atoms with E-state index in [4.69, 9.17) is 5.73 Å². The molecule has 0 heterocycles. The highest BCUT2D eigenvalue weighted by Gasteiger charge is 2.07. The molecule has 10 heavy (non-hydrogen) atoms. The first-order chi connectivity index (χ1) is 4.63.